The van der Waals surface area contributed by atoms with Crippen molar-refractivity contribution in [3.8, 4) is 0 Å². The molecule has 0 aromatic carbocycles. The molecule has 0 spiro atoms. The quantitative estimate of drug-likeness (QED) is 0.534. The summed E-state index contributed by atoms with van der Waals surface area (Å²) >= 11 is 0. The number of hydrogen-bond acceptors (Lipinski definition) is 1. The summed E-state index contributed by atoms with van der Waals surface area (Å²) in [5.74, 6) is 0. The first-order valence-corrected chi connectivity index (χ1v) is 6.65. The van der Waals surface area contributed by atoms with E-state index in [2.05, 4.69) is 11.8 Å². The van der Waals surface area contributed by atoms with Crippen LogP contribution < -0.4 is 0 Å². The lowest BCUT2D eigenvalue weighted by atomic mass is 10.1. The zero-order valence-electron chi connectivity index (χ0n) is 9.67. The van der Waals surface area contributed by atoms with Crippen LogP contribution in [0.25, 0.3) is 0 Å². The average molecular weight is 195 g/mol. The fourth-order valence-electron chi connectivity index (χ4n) is 2.96. The van der Waals surface area contributed by atoms with Crippen LogP contribution in [0.1, 0.15) is 64.7 Å². The largest absolute Gasteiger partial charge is 0.295 e. The fourth-order valence-corrected chi connectivity index (χ4v) is 2.96. The smallest absolute Gasteiger partial charge is 0.0252 e. The van der Waals surface area contributed by atoms with Crippen molar-refractivity contribution < 1.29 is 0 Å². The van der Waals surface area contributed by atoms with Crippen molar-refractivity contribution in [1.29, 1.82) is 0 Å². The van der Waals surface area contributed by atoms with Crippen molar-refractivity contribution >= 4 is 0 Å². The van der Waals surface area contributed by atoms with Gasteiger partial charge in [-0.1, -0.05) is 44.9 Å². The number of rotatable bonds is 0. The fraction of sp³-hybridized carbons (Fsp3) is 1.00. The molecule has 0 aromatic rings. The highest BCUT2D eigenvalue weighted by molar-refractivity contribution is 4.98. The highest BCUT2D eigenvalue weighted by Gasteiger charge is 2.41. The molecule has 0 bridgehead atoms. The second-order valence-corrected chi connectivity index (χ2v) is 5.16. The molecule has 2 aliphatic rings. The average Bonchev–Trinajstić information content (AvgIpc) is 2.76. The zero-order valence-corrected chi connectivity index (χ0v) is 9.67. The van der Waals surface area contributed by atoms with E-state index in [1.807, 2.05) is 0 Å². The summed E-state index contributed by atoms with van der Waals surface area (Å²) in [7, 11) is 0. The Hall–Kier alpha value is -0.0400. The van der Waals surface area contributed by atoms with Gasteiger partial charge in [0.2, 0.25) is 0 Å². The Kier molecular flexibility index (Phi) is 3.86. The third kappa shape index (κ3) is 2.73. The molecule has 0 aliphatic carbocycles. The summed E-state index contributed by atoms with van der Waals surface area (Å²) in [5.41, 5.74) is 0. The highest BCUT2D eigenvalue weighted by atomic mass is 15.3. The molecule has 0 N–H and O–H groups in total. The van der Waals surface area contributed by atoms with E-state index in [1.165, 1.54) is 64.3 Å². The van der Waals surface area contributed by atoms with Crippen molar-refractivity contribution in [1.82, 2.24) is 4.90 Å². The number of fused-ring (bicyclic) bond motifs is 1. The van der Waals surface area contributed by atoms with Gasteiger partial charge < -0.3 is 0 Å². The lowest BCUT2D eigenvalue weighted by molar-refractivity contribution is 0.428. The molecule has 2 aliphatic heterocycles. The lowest BCUT2D eigenvalue weighted by Crippen LogP contribution is -2.05. The Bertz CT molecular complexity index is 149. The van der Waals surface area contributed by atoms with E-state index in [9.17, 15) is 0 Å². The van der Waals surface area contributed by atoms with Gasteiger partial charge >= 0.3 is 0 Å². The number of nitrogens with zero attached hydrogens (tertiary/aromatic N) is 1. The lowest BCUT2D eigenvalue weighted by Gasteiger charge is -2.07. The SMILES string of the molecule is CC1C2CCCCCCCCCCN12. The first kappa shape index (κ1) is 10.5. The monoisotopic (exact) mass is 195 g/mol. The van der Waals surface area contributed by atoms with E-state index < -0.39 is 0 Å². The predicted molar refractivity (Wildman–Crippen MR) is 61.5 cm³/mol. The van der Waals surface area contributed by atoms with Gasteiger partial charge in [-0.15, -0.1) is 0 Å². The second-order valence-electron chi connectivity index (χ2n) is 5.16. The molecular weight excluding hydrogens is 170 g/mol. The molecule has 2 rings (SSSR count). The van der Waals surface area contributed by atoms with Crippen molar-refractivity contribution in [2.75, 3.05) is 6.54 Å². The van der Waals surface area contributed by atoms with Gasteiger partial charge in [-0.05, 0) is 26.3 Å². The zero-order chi connectivity index (χ0) is 9.80. The molecule has 0 radical (unpaired) electrons. The first-order valence-electron chi connectivity index (χ1n) is 6.65. The maximum atomic E-state index is 2.71. The maximum absolute atomic E-state index is 2.71. The van der Waals surface area contributed by atoms with E-state index in [-0.39, 0.29) is 0 Å². The van der Waals surface area contributed by atoms with E-state index >= 15 is 0 Å². The molecular formula is C13H25N. The Morgan fingerprint density at radius 1 is 0.786 bits per heavy atom. The standard InChI is InChI=1S/C13H25N/c1-12-13-10-8-6-4-2-3-5-7-9-11-14(12)13/h12-13H,2-11H2,1H3. The third-order valence-electron chi connectivity index (χ3n) is 4.08. The summed E-state index contributed by atoms with van der Waals surface area (Å²) < 4.78 is 0. The minimum Gasteiger partial charge on any atom is -0.295 e. The van der Waals surface area contributed by atoms with Gasteiger partial charge in [-0.2, -0.15) is 0 Å². The summed E-state index contributed by atoms with van der Waals surface area (Å²) in [4.78, 5) is 2.71. The van der Waals surface area contributed by atoms with E-state index in [4.69, 9.17) is 0 Å². The molecule has 0 aromatic heterocycles. The summed E-state index contributed by atoms with van der Waals surface area (Å²) in [6, 6.07) is 1.88. The molecule has 0 saturated carbocycles. The van der Waals surface area contributed by atoms with Crippen molar-refractivity contribution in [2.45, 2.75) is 76.8 Å². The summed E-state index contributed by atoms with van der Waals surface area (Å²) in [5, 5.41) is 0. The van der Waals surface area contributed by atoms with Crippen LogP contribution in [-0.2, 0) is 0 Å². The minimum absolute atomic E-state index is 0.913. The van der Waals surface area contributed by atoms with Gasteiger partial charge in [0.25, 0.3) is 0 Å². The van der Waals surface area contributed by atoms with Crippen LogP contribution in [0.3, 0.4) is 0 Å². The molecule has 2 saturated heterocycles. The molecule has 2 heterocycles. The minimum atomic E-state index is 0.913. The van der Waals surface area contributed by atoms with Crippen LogP contribution in [0, 0.1) is 0 Å². The Morgan fingerprint density at radius 3 is 2.07 bits per heavy atom. The van der Waals surface area contributed by atoms with E-state index in [0.29, 0.717) is 0 Å². The summed E-state index contributed by atoms with van der Waals surface area (Å²) in [6.45, 7) is 3.79. The van der Waals surface area contributed by atoms with Gasteiger partial charge in [0.1, 0.15) is 0 Å². The van der Waals surface area contributed by atoms with Crippen LogP contribution in [0.4, 0.5) is 0 Å². The topological polar surface area (TPSA) is 3.01 Å². The van der Waals surface area contributed by atoms with Gasteiger partial charge in [0.05, 0.1) is 0 Å². The van der Waals surface area contributed by atoms with Crippen LogP contribution in [-0.4, -0.2) is 23.5 Å². The Morgan fingerprint density at radius 2 is 1.36 bits per heavy atom. The van der Waals surface area contributed by atoms with E-state index in [1.54, 1.807) is 0 Å². The van der Waals surface area contributed by atoms with Crippen LogP contribution in [0.2, 0.25) is 0 Å². The Balaban J connectivity index is 1.72. The molecule has 3 atom stereocenters. The summed E-state index contributed by atoms with van der Waals surface area (Å²) in [6.07, 6.45) is 13.3. The molecule has 1 heteroatoms. The van der Waals surface area contributed by atoms with Crippen LogP contribution >= 0.6 is 0 Å². The number of hydrogen-bond donors (Lipinski definition) is 0. The van der Waals surface area contributed by atoms with Gasteiger partial charge in [-0.25, -0.2) is 0 Å². The van der Waals surface area contributed by atoms with Crippen LogP contribution in [0.15, 0.2) is 0 Å². The molecule has 14 heavy (non-hydrogen) atoms. The molecule has 0 amide bonds. The third-order valence-corrected chi connectivity index (χ3v) is 4.08. The highest BCUT2D eigenvalue weighted by Crippen LogP contribution is 2.33. The molecule has 2 fully saturated rings. The van der Waals surface area contributed by atoms with E-state index in [0.717, 1.165) is 12.1 Å². The second kappa shape index (κ2) is 5.16. The van der Waals surface area contributed by atoms with Crippen molar-refractivity contribution in [3.05, 3.63) is 0 Å². The normalized spacial score (nSPS) is 40.5. The maximum Gasteiger partial charge on any atom is 0.0252 e. The Labute approximate surface area is 88.9 Å². The van der Waals surface area contributed by atoms with Crippen molar-refractivity contribution in [2.24, 2.45) is 0 Å². The molecule has 82 valence electrons. The molecule has 3 unspecified atom stereocenters. The van der Waals surface area contributed by atoms with Crippen LogP contribution in [0.5, 0.6) is 0 Å². The first-order chi connectivity index (χ1) is 6.89. The van der Waals surface area contributed by atoms with Crippen molar-refractivity contribution in [3.63, 3.8) is 0 Å². The van der Waals surface area contributed by atoms with Gasteiger partial charge in [0, 0.05) is 12.1 Å². The van der Waals surface area contributed by atoms with Gasteiger partial charge in [0.15, 0.2) is 0 Å². The van der Waals surface area contributed by atoms with Gasteiger partial charge in [-0.3, -0.25) is 4.90 Å². The predicted octanol–water partition coefficient (Wildman–Crippen LogP) is 3.58. The molecule has 1 nitrogen and oxygen atoms in total.